The van der Waals surface area contributed by atoms with Crippen LogP contribution in [0, 0.1) is 0 Å². The van der Waals surface area contributed by atoms with Crippen LogP contribution in [0.15, 0.2) is 41.7 Å². The Morgan fingerprint density at radius 2 is 2.22 bits per heavy atom. The zero-order valence-corrected chi connectivity index (χ0v) is 12.7. The first-order valence-electron chi connectivity index (χ1n) is 7.85. The monoisotopic (exact) mass is 310 g/mol. The number of hydrogen-bond acceptors (Lipinski definition) is 4. The minimum Gasteiger partial charge on any atom is -0.382 e. The summed E-state index contributed by atoms with van der Waals surface area (Å²) in [6.07, 6.45) is 3.42. The Balaban J connectivity index is 1.36. The molecule has 1 aromatic heterocycles. The summed E-state index contributed by atoms with van der Waals surface area (Å²) in [5.41, 5.74) is 4.33. The lowest BCUT2D eigenvalue weighted by Gasteiger charge is -2.28. The van der Waals surface area contributed by atoms with Gasteiger partial charge in [0.15, 0.2) is 0 Å². The highest BCUT2D eigenvalue weighted by Crippen LogP contribution is 2.21. The van der Waals surface area contributed by atoms with Gasteiger partial charge in [0.05, 0.1) is 11.9 Å². The second-order valence-corrected chi connectivity index (χ2v) is 6.00. The fourth-order valence-electron chi connectivity index (χ4n) is 3.11. The van der Waals surface area contributed by atoms with Crippen molar-refractivity contribution in [3.8, 4) is 0 Å². The van der Waals surface area contributed by atoms with Crippen molar-refractivity contribution in [2.75, 3.05) is 6.54 Å². The molecule has 1 aromatic carbocycles. The normalized spacial score (nSPS) is 19.9. The zero-order valence-electron chi connectivity index (χ0n) is 12.7. The lowest BCUT2D eigenvalue weighted by molar-refractivity contribution is -0.143. The number of aromatic amines is 1. The highest BCUT2D eigenvalue weighted by molar-refractivity contribution is 5.94. The quantitative estimate of drug-likeness (QED) is 0.937. The number of fused-ring (bicyclic) bond motifs is 1. The number of nitrogens with zero attached hydrogens (tertiary/aromatic N) is 3. The van der Waals surface area contributed by atoms with E-state index in [0.29, 0.717) is 19.5 Å². The number of carbonyl (C=O) groups excluding carboxylic acids is 1. The third-order valence-electron chi connectivity index (χ3n) is 4.37. The third kappa shape index (κ3) is 2.84. The van der Waals surface area contributed by atoms with Crippen molar-refractivity contribution in [1.82, 2.24) is 15.1 Å². The summed E-state index contributed by atoms with van der Waals surface area (Å²) in [5, 5.41) is 11.1. The van der Waals surface area contributed by atoms with Crippen molar-refractivity contribution in [3.05, 3.63) is 53.3 Å². The Bertz CT molecular complexity index is 738. The van der Waals surface area contributed by atoms with Gasteiger partial charge in [-0.05, 0) is 5.56 Å². The Labute approximate surface area is 134 Å². The topological polar surface area (TPSA) is 70.6 Å². The Kier molecular flexibility index (Phi) is 3.57. The van der Waals surface area contributed by atoms with Gasteiger partial charge in [-0.1, -0.05) is 35.5 Å². The molecule has 6 heteroatoms. The van der Waals surface area contributed by atoms with E-state index in [4.69, 9.17) is 4.84 Å². The van der Waals surface area contributed by atoms with Crippen molar-refractivity contribution >= 4 is 11.6 Å². The van der Waals surface area contributed by atoms with E-state index in [-0.39, 0.29) is 5.91 Å². The van der Waals surface area contributed by atoms with Gasteiger partial charge < -0.3 is 9.74 Å². The molecule has 0 fully saturated rings. The fourth-order valence-corrected chi connectivity index (χ4v) is 3.11. The molecule has 3 heterocycles. The number of hydrogen-bond donors (Lipinski definition) is 1. The fraction of sp³-hybridized carbons (Fsp3) is 0.353. The van der Waals surface area contributed by atoms with Gasteiger partial charge in [0, 0.05) is 43.6 Å². The van der Waals surface area contributed by atoms with Crippen LogP contribution in [0.4, 0.5) is 0 Å². The smallest absolute Gasteiger partial charge is 0.267 e. The number of aromatic nitrogens is 2. The van der Waals surface area contributed by atoms with Crippen molar-refractivity contribution in [2.45, 2.75) is 31.9 Å². The molecular formula is C17H18N4O2. The van der Waals surface area contributed by atoms with Crippen molar-refractivity contribution in [1.29, 1.82) is 0 Å². The lowest BCUT2D eigenvalue weighted by Crippen LogP contribution is -2.42. The van der Waals surface area contributed by atoms with Crippen LogP contribution in [0.5, 0.6) is 0 Å². The molecule has 2 aliphatic heterocycles. The lowest BCUT2D eigenvalue weighted by atomic mass is 10.0. The van der Waals surface area contributed by atoms with E-state index in [2.05, 4.69) is 27.5 Å². The molecule has 0 bridgehead atoms. The Morgan fingerprint density at radius 3 is 3.09 bits per heavy atom. The van der Waals surface area contributed by atoms with Crippen LogP contribution in [-0.2, 0) is 29.0 Å². The van der Waals surface area contributed by atoms with E-state index in [1.165, 1.54) is 5.56 Å². The first kappa shape index (κ1) is 14.0. The van der Waals surface area contributed by atoms with E-state index in [1.54, 1.807) is 6.20 Å². The molecule has 0 saturated carbocycles. The standard InChI is InChI=1S/C17H18N4O2/c22-17(21-7-6-15-13(11-21)10-18-19-15)16-9-14(20-23-16)8-12-4-2-1-3-5-12/h1-5,10,16H,6-9,11H2,(H,18,19). The maximum Gasteiger partial charge on any atom is 0.267 e. The van der Waals surface area contributed by atoms with Gasteiger partial charge in [-0.3, -0.25) is 9.89 Å². The summed E-state index contributed by atoms with van der Waals surface area (Å²) in [6, 6.07) is 10.1. The molecule has 0 aliphatic carbocycles. The molecule has 1 N–H and O–H groups in total. The van der Waals surface area contributed by atoms with Gasteiger partial charge in [-0.2, -0.15) is 5.10 Å². The molecule has 4 rings (SSSR count). The average Bonchev–Trinajstić information content (AvgIpc) is 3.23. The molecule has 1 unspecified atom stereocenters. The molecule has 6 nitrogen and oxygen atoms in total. The van der Waals surface area contributed by atoms with E-state index in [9.17, 15) is 4.79 Å². The minimum absolute atomic E-state index is 0.0173. The number of H-pyrrole nitrogens is 1. The second-order valence-electron chi connectivity index (χ2n) is 6.00. The molecule has 2 aliphatic rings. The molecule has 23 heavy (non-hydrogen) atoms. The molecule has 0 radical (unpaired) electrons. The maximum absolute atomic E-state index is 12.6. The number of oxime groups is 1. The Morgan fingerprint density at radius 1 is 1.35 bits per heavy atom. The van der Waals surface area contributed by atoms with Crippen LogP contribution < -0.4 is 0 Å². The van der Waals surface area contributed by atoms with Crippen molar-refractivity contribution < 1.29 is 9.63 Å². The highest BCUT2D eigenvalue weighted by atomic mass is 16.6. The summed E-state index contributed by atoms with van der Waals surface area (Å²) < 4.78 is 0. The number of benzene rings is 1. The summed E-state index contributed by atoms with van der Waals surface area (Å²) in [5.74, 6) is 0.0173. The molecule has 118 valence electrons. The minimum atomic E-state index is -0.484. The van der Waals surface area contributed by atoms with Gasteiger partial charge in [0.25, 0.3) is 5.91 Å². The zero-order chi connectivity index (χ0) is 15.6. The molecule has 1 amide bonds. The van der Waals surface area contributed by atoms with E-state index >= 15 is 0 Å². The van der Waals surface area contributed by atoms with Gasteiger partial charge in [-0.25, -0.2) is 0 Å². The van der Waals surface area contributed by atoms with Crippen LogP contribution in [0.25, 0.3) is 0 Å². The van der Waals surface area contributed by atoms with Gasteiger partial charge >= 0.3 is 0 Å². The first-order chi connectivity index (χ1) is 11.3. The van der Waals surface area contributed by atoms with Gasteiger partial charge in [-0.15, -0.1) is 0 Å². The number of carbonyl (C=O) groups is 1. The number of amides is 1. The van der Waals surface area contributed by atoms with Crippen LogP contribution >= 0.6 is 0 Å². The third-order valence-corrected chi connectivity index (χ3v) is 4.37. The number of nitrogens with one attached hydrogen (secondary N) is 1. The van der Waals surface area contributed by atoms with Gasteiger partial charge in [0.2, 0.25) is 6.10 Å². The summed E-state index contributed by atoms with van der Waals surface area (Å²) in [4.78, 5) is 19.9. The number of rotatable bonds is 3. The SMILES string of the molecule is O=C(C1CC(Cc2ccccc2)=NO1)N1CCc2[nH]ncc2C1. The predicted molar refractivity (Wildman–Crippen MR) is 84.8 cm³/mol. The van der Waals surface area contributed by atoms with Crippen LogP contribution in [0.1, 0.15) is 23.2 Å². The summed E-state index contributed by atoms with van der Waals surface area (Å²) in [6.45, 7) is 1.29. The summed E-state index contributed by atoms with van der Waals surface area (Å²) in [7, 11) is 0. The molecule has 2 aromatic rings. The molecule has 0 saturated heterocycles. The first-order valence-corrected chi connectivity index (χ1v) is 7.85. The molecular weight excluding hydrogens is 292 g/mol. The Hall–Kier alpha value is -2.63. The second kappa shape index (κ2) is 5.87. The van der Waals surface area contributed by atoms with Crippen LogP contribution in [-0.4, -0.2) is 39.4 Å². The maximum atomic E-state index is 12.6. The summed E-state index contributed by atoms with van der Waals surface area (Å²) >= 11 is 0. The van der Waals surface area contributed by atoms with E-state index < -0.39 is 6.10 Å². The van der Waals surface area contributed by atoms with E-state index in [0.717, 1.165) is 29.8 Å². The van der Waals surface area contributed by atoms with Crippen molar-refractivity contribution in [2.24, 2.45) is 5.16 Å². The largest absolute Gasteiger partial charge is 0.382 e. The van der Waals surface area contributed by atoms with Crippen LogP contribution in [0.3, 0.4) is 0 Å². The van der Waals surface area contributed by atoms with Crippen molar-refractivity contribution in [3.63, 3.8) is 0 Å². The highest BCUT2D eigenvalue weighted by Gasteiger charge is 2.33. The van der Waals surface area contributed by atoms with Gasteiger partial charge in [0.1, 0.15) is 0 Å². The predicted octanol–water partition coefficient (Wildman–Crippen LogP) is 1.68. The van der Waals surface area contributed by atoms with E-state index in [1.807, 2.05) is 23.1 Å². The van der Waals surface area contributed by atoms with Crippen LogP contribution in [0.2, 0.25) is 0 Å². The average molecular weight is 310 g/mol. The molecule has 0 spiro atoms. The molecule has 1 atom stereocenters.